The van der Waals surface area contributed by atoms with Gasteiger partial charge in [0.2, 0.25) is 11.8 Å². The molecule has 0 radical (unpaired) electrons. The lowest BCUT2D eigenvalue weighted by atomic mass is 9.85. The molecular formula is C29H32N4O5. The Morgan fingerprint density at radius 2 is 1.76 bits per heavy atom. The topological polar surface area (TPSA) is 114 Å². The summed E-state index contributed by atoms with van der Waals surface area (Å²) in [5.41, 5.74) is 3.99. The molecule has 0 spiro atoms. The van der Waals surface area contributed by atoms with Crippen molar-refractivity contribution in [3.05, 3.63) is 94.0 Å². The second-order valence-corrected chi connectivity index (χ2v) is 9.37. The number of likely N-dealkylation sites (tertiary alicyclic amines) is 1. The van der Waals surface area contributed by atoms with Crippen LogP contribution in [0.5, 0.6) is 5.75 Å². The molecule has 0 aliphatic carbocycles. The molecule has 0 bridgehead atoms. The number of carbonyl (C=O) groups excluding carboxylic acids is 2. The van der Waals surface area contributed by atoms with Crippen LogP contribution in [0, 0.1) is 10.1 Å². The summed E-state index contributed by atoms with van der Waals surface area (Å²) in [6.45, 7) is 3.11. The molecule has 0 aromatic heterocycles. The van der Waals surface area contributed by atoms with Gasteiger partial charge in [0, 0.05) is 56.2 Å². The number of benzene rings is 3. The van der Waals surface area contributed by atoms with Crippen molar-refractivity contribution in [2.24, 2.45) is 0 Å². The average Bonchev–Trinajstić information content (AvgIpc) is 2.95. The van der Waals surface area contributed by atoms with Crippen molar-refractivity contribution in [3.63, 3.8) is 0 Å². The summed E-state index contributed by atoms with van der Waals surface area (Å²) in [4.78, 5) is 36.4. The van der Waals surface area contributed by atoms with E-state index in [1.54, 1.807) is 19.2 Å². The number of rotatable bonds is 9. The molecule has 1 aliphatic heterocycles. The summed E-state index contributed by atoms with van der Waals surface area (Å²) in [5, 5.41) is 17.3. The number of hydrogen-bond acceptors (Lipinski definition) is 6. The lowest BCUT2D eigenvalue weighted by Gasteiger charge is -2.39. The van der Waals surface area contributed by atoms with Gasteiger partial charge in [-0.05, 0) is 47.4 Å². The molecule has 2 unspecified atom stereocenters. The first-order chi connectivity index (χ1) is 18.4. The van der Waals surface area contributed by atoms with Gasteiger partial charge in [-0.15, -0.1) is 0 Å². The molecule has 3 aromatic rings. The maximum atomic E-state index is 12.7. The Bertz CT molecular complexity index is 1280. The van der Waals surface area contributed by atoms with Crippen LogP contribution in [0.15, 0.2) is 72.8 Å². The average molecular weight is 517 g/mol. The third kappa shape index (κ3) is 6.54. The van der Waals surface area contributed by atoms with Gasteiger partial charge >= 0.3 is 0 Å². The monoisotopic (exact) mass is 516 g/mol. The van der Waals surface area contributed by atoms with Gasteiger partial charge in [-0.25, -0.2) is 0 Å². The number of nitro groups is 1. The van der Waals surface area contributed by atoms with Crippen LogP contribution in [0.3, 0.4) is 0 Å². The Hall–Kier alpha value is -4.24. The summed E-state index contributed by atoms with van der Waals surface area (Å²) in [6.07, 6.45) is 0.760. The Labute approximate surface area is 222 Å². The van der Waals surface area contributed by atoms with E-state index in [1.807, 2.05) is 41.3 Å². The van der Waals surface area contributed by atoms with Crippen LogP contribution in [0.1, 0.15) is 30.4 Å². The number of piperidine rings is 1. The summed E-state index contributed by atoms with van der Waals surface area (Å²) < 4.78 is 5.62. The second-order valence-electron chi connectivity index (χ2n) is 9.37. The van der Waals surface area contributed by atoms with Crippen LogP contribution in [-0.2, 0) is 16.1 Å². The first-order valence-electron chi connectivity index (χ1n) is 12.6. The number of nitrogens with zero attached hydrogens (tertiary/aromatic N) is 2. The van der Waals surface area contributed by atoms with Crippen LogP contribution in [0.25, 0.3) is 11.1 Å². The van der Waals surface area contributed by atoms with E-state index in [1.165, 1.54) is 19.1 Å². The third-order valence-electron chi connectivity index (χ3n) is 6.93. The predicted molar refractivity (Wildman–Crippen MR) is 145 cm³/mol. The van der Waals surface area contributed by atoms with Gasteiger partial charge in [0.15, 0.2) is 0 Å². The molecule has 0 saturated carbocycles. The highest BCUT2D eigenvalue weighted by Crippen LogP contribution is 2.31. The highest BCUT2D eigenvalue weighted by atomic mass is 16.6. The van der Waals surface area contributed by atoms with E-state index in [0.717, 1.165) is 34.4 Å². The first kappa shape index (κ1) is 26.8. The largest absolute Gasteiger partial charge is 0.496 e. The SMILES string of the molecule is COc1ccc(-c2ccc([N+](=O)[O-])cc2)cc1CNC1CCN(C(=O)CNC(C)=O)CC1c1ccccc1. The lowest BCUT2D eigenvalue weighted by molar-refractivity contribution is -0.384. The quantitative estimate of drug-likeness (QED) is 0.330. The molecule has 2 amide bonds. The zero-order chi connectivity index (χ0) is 27.1. The highest BCUT2D eigenvalue weighted by molar-refractivity contribution is 5.83. The molecule has 2 atom stereocenters. The molecular weight excluding hydrogens is 484 g/mol. The van der Waals surface area contributed by atoms with E-state index in [9.17, 15) is 19.7 Å². The molecule has 198 valence electrons. The number of amides is 2. The molecule has 3 aromatic carbocycles. The number of nitro benzene ring substituents is 1. The fraction of sp³-hybridized carbons (Fsp3) is 0.310. The van der Waals surface area contributed by atoms with Crippen LogP contribution in [-0.4, -0.2) is 54.4 Å². The molecule has 1 saturated heterocycles. The fourth-order valence-electron chi connectivity index (χ4n) is 4.89. The molecule has 4 rings (SSSR count). The molecule has 1 heterocycles. The molecule has 9 heteroatoms. The molecule has 1 aliphatic rings. The molecule has 9 nitrogen and oxygen atoms in total. The number of non-ortho nitro benzene ring substituents is 1. The zero-order valence-corrected chi connectivity index (χ0v) is 21.6. The Morgan fingerprint density at radius 3 is 2.42 bits per heavy atom. The minimum Gasteiger partial charge on any atom is -0.496 e. The van der Waals surface area contributed by atoms with Crippen LogP contribution >= 0.6 is 0 Å². The molecule has 38 heavy (non-hydrogen) atoms. The van der Waals surface area contributed by atoms with E-state index < -0.39 is 4.92 Å². The normalized spacial score (nSPS) is 17.1. The van der Waals surface area contributed by atoms with E-state index in [0.29, 0.717) is 19.6 Å². The predicted octanol–water partition coefficient (Wildman–Crippen LogP) is 3.88. The van der Waals surface area contributed by atoms with E-state index in [4.69, 9.17) is 4.74 Å². The maximum Gasteiger partial charge on any atom is 0.269 e. The number of methoxy groups -OCH3 is 1. The Morgan fingerprint density at radius 1 is 1.05 bits per heavy atom. The first-order valence-corrected chi connectivity index (χ1v) is 12.6. The second kappa shape index (κ2) is 12.3. The zero-order valence-electron chi connectivity index (χ0n) is 21.6. The van der Waals surface area contributed by atoms with Crippen molar-refractivity contribution >= 4 is 17.5 Å². The maximum absolute atomic E-state index is 12.7. The van der Waals surface area contributed by atoms with Crippen LogP contribution < -0.4 is 15.4 Å². The third-order valence-corrected chi connectivity index (χ3v) is 6.93. The number of nitrogens with one attached hydrogen (secondary N) is 2. The van der Waals surface area contributed by atoms with Crippen molar-refractivity contribution in [1.29, 1.82) is 0 Å². The van der Waals surface area contributed by atoms with E-state index in [2.05, 4.69) is 22.8 Å². The standard InChI is InChI=1S/C29H32N4O5/c1-20(34)30-18-29(35)32-15-14-27(26(19-32)22-6-4-3-5-7-22)31-17-24-16-23(10-13-28(24)38-2)21-8-11-25(12-9-21)33(36)37/h3-13,16,26-27,31H,14-15,17-19H2,1-2H3,(H,30,34). The van der Waals surface area contributed by atoms with Crippen LogP contribution in [0.2, 0.25) is 0 Å². The smallest absolute Gasteiger partial charge is 0.269 e. The fourth-order valence-corrected chi connectivity index (χ4v) is 4.89. The van der Waals surface area contributed by atoms with Crippen molar-refractivity contribution in [3.8, 4) is 16.9 Å². The van der Waals surface area contributed by atoms with E-state index in [-0.39, 0.29) is 36.0 Å². The Balaban J connectivity index is 1.51. The summed E-state index contributed by atoms with van der Waals surface area (Å²) in [6, 6.07) is 22.6. The van der Waals surface area contributed by atoms with Gasteiger partial charge in [-0.1, -0.05) is 36.4 Å². The van der Waals surface area contributed by atoms with Gasteiger partial charge in [0.1, 0.15) is 5.75 Å². The van der Waals surface area contributed by atoms with Gasteiger partial charge < -0.3 is 20.3 Å². The van der Waals surface area contributed by atoms with Crippen molar-refractivity contribution < 1.29 is 19.2 Å². The van der Waals surface area contributed by atoms with Gasteiger partial charge in [-0.2, -0.15) is 0 Å². The van der Waals surface area contributed by atoms with Gasteiger partial charge in [0.05, 0.1) is 18.6 Å². The number of ether oxygens (including phenoxy) is 1. The van der Waals surface area contributed by atoms with Gasteiger partial charge in [-0.3, -0.25) is 19.7 Å². The van der Waals surface area contributed by atoms with E-state index >= 15 is 0 Å². The summed E-state index contributed by atoms with van der Waals surface area (Å²) in [7, 11) is 1.64. The van der Waals surface area contributed by atoms with Crippen LogP contribution in [0.4, 0.5) is 5.69 Å². The van der Waals surface area contributed by atoms with Crippen molar-refractivity contribution in [2.75, 3.05) is 26.7 Å². The van der Waals surface area contributed by atoms with Crippen molar-refractivity contribution in [2.45, 2.75) is 31.8 Å². The molecule has 2 N–H and O–H groups in total. The lowest BCUT2D eigenvalue weighted by Crippen LogP contribution is -2.51. The highest BCUT2D eigenvalue weighted by Gasteiger charge is 2.32. The van der Waals surface area contributed by atoms with Gasteiger partial charge in [0.25, 0.3) is 5.69 Å². The summed E-state index contributed by atoms with van der Waals surface area (Å²) in [5.74, 6) is 0.522. The molecule has 1 fully saturated rings. The van der Waals surface area contributed by atoms with Crippen molar-refractivity contribution in [1.82, 2.24) is 15.5 Å². The number of carbonyl (C=O) groups is 2. The Kier molecular flexibility index (Phi) is 8.70. The minimum atomic E-state index is -0.408. The summed E-state index contributed by atoms with van der Waals surface area (Å²) >= 11 is 0. The minimum absolute atomic E-state index is 0.00156. The number of hydrogen-bond donors (Lipinski definition) is 2.